The van der Waals surface area contributed by atoms with Gasteiger partial charge in [0.05, 0.1) is 21.9 Å². The number of thiazole rings is 1. The molecule has 170 valence electrons. The van der Waals surface area contributed by atoms with Crippen molar-refractivity contribution in [3.8, 4) is 0 Å². The van der Waals surface area contributed by atoms with Crippen molar-refractivity contribution in [1.82, 2.24) is 15.0 Å². The van der Waals surface area contributed by atoms with E-state index in [1.165, 1.54) is 18.0 Å². The van der Waals surface area contributed by atoms with E-state index in [0.717, 1.165) is 37.0 Å². The molecule has 0 bridgehead atoms. The van der Waals surface area contributed by atoms with Gasteiger partial charge in [-0.1, -0.05) is 42.0 Å². The maximum atomic E-state index is 12.8. The van der Waals surface area contributed by atoms with Crippen LogP contribution in [0.15, 0.2) is 52.0 Å². The van der Waals surface area contributed by atoms with Crippen LogP contribution in [0, 0.1) is 5.92 Å². The van der Waals surface area contributed by atoms with Crippen LogP contribution in [0.25, 0.3) is 0 Å². The second-order valence-electron chi connectivity index (χ2n) is 7.42. The van der Waals surface area contributed by atoms with Crippen LogP contribution in [0.1, 0.15) is 41.7 Å². The minimum Gasteiger partial charge on any atom is -0.481 e. The molecule has 33 heavy (non-hydrogen) atoms. The molecule has 0 aromatic carbocycles. The fourth-order valence-electron chi connectivity index (χ4n) is 3.58. The zero-order valence-electron chi connectivity index (χ0n) is 17.5. The third-order valence-corrected chi connectivity index (χ3v) is 7.25. The molecular formula is C22H21N5O4S2. The number of aliphatic carboxylic acids is 1. The smallest absolute Gasteiger partial charge is 0.326 e. The second-order valence-corrected chi connectivity index (χ2v) is 9.71. The highest BCUT2D eigenvalue weighted by Crippen LogP contribution is 2.37. The molecule has 4 rings (SSSR count). The Labute approximate surface area is 198 Å². The minimum absolute atomic E-state index is 0.0112. The summed E-state index contributed by atoms with van der Waals surface area (Å²) in [7, 11) is 0. The maximum Gasteiger partial charge on any atom is 0.326 e. The molecule has 0 aliphatic heterocycles. The molecule has 3 aromatic rings. The summed E-state index contributed by atoms with van der Waals surface area (Å²) in [6, 6.07) is 8.15. The summed E-state index contributed by atoms with van der Waals surface area (Å²) in [6.07, 6.45) is 6.63. The SMILES string of the molecule is O=C(O)Cc1nc(NC(=O)Nc2ncccc2C(=O)C2CCCC2)sc1Sc1ccccn1. The van der Waals surface area contributed by atoms with Crippen LogP contribution in [-0.2, 0) is 11.2 Å². The molecule has 0 atom stereocenters. The largest absolute Gasteiger partial charge is 0.481 e. The van der Waals surface area contributed by atoms with Gasteiger partial charge in [0.1, 0.15) is 10.8 Å². The Kier molecular flexibility index (Phi) is 7.30. The highest BCUT2D eigenvalue weighted by atomic mass is 32.2. The van der Waals surface area contributed by atoms with E-state index in [9.17, 15) is 19.5 Å². The van der Waals surface area contributed by atoms with Crippen molar-refractivity contribution < 1.29 is 19.5 Å². The molecule has 1 aliphatic carbocycles. The Balaban J connectivity index is 1.48. The standard InChI is InChI=1S/C22H21N5O4S2/c28-17(29)12-15-20(32-16-9-3-4-10-23-16)33-22(25-15)27-21(31)26-19-14(8-5-11-24-19)18(30)13-6-1-2-7-13/h3-5,8-11,13H,1-2,6-7,12H2,(H,28,29)(H2,24,25,26,27,31). The van der Waals surface area contributed by atoms with Gasteiger partial charge in [-0.3, -0.25) is 20.2 Å². The van der Waals surface area contributed by atoms with E-state index in [1.807, 2.05) is 6.07 Å². The van der Waals surface area contributed by atoms with Crippen LogP contribution >= 0.6 is 23.1 Å². The third-order valence-electron chi connectivity index (χ3n) is 5.07. The molecule has 1 saturated carbocycles. The zero-order valence-corrected chi connectivity index (χ0v) is 19.1. The summed E-state index contributed by atoms with van der Waals surface area (Å²) in [4.78, 5) is 49.4. The number of aromatic nitrogens is 3. The molecule has 0 spiro atoms. The van der Waals surface area contributed by atoms with Crippen molar-refractivity contribution in [3.05, 3.63) is 54.0 Å². The number of rotatable bonds is 8. The van der Waals surface area contributed by atoms with Crippen molar-refractivity contribution in [1.29, 1.82) is 0 Å². The average Bonchev–Trinajstić information content (AvgIpc) is 3.45. The Morgan fingerprint density at radius 3 is 2.58 bits per heavy atom. The van der Waals surface area contributed by atoms with Gasteiger partial charge in [-0.25, -0.2) is 19.7 Å². The van der Waals surface area contributed by atoms with Crippen molar-refractivity contribution in [2.45, 2.75) is 41.3 Å². The Hall–Kier alpha value is -3.31. The number of carboxylic acids is 1. The first-order chi connectivity index (χ1) is 16.0. The lowest BCUT2D eigenvalue weighted by Gasteiger charge is -2.12. The van der Waals surface area contributed by atoms with Crippen LogP contribution in [0.3, 0.4) is 0 Å². The van der Waals surface area contributed by atoms with Gasteiger partial charge >= 0.3 is 12.0 Å². The topological polar surface area (TPSA) is 134 Å². The zero-order chi connectivity index (χ0) is 23.2. The number of carbonyl (C=O) groups is 3. The van der Waals surface area contributed by atoms with Gasteiger partial charge in [-0.05, 0) is 37.1 Å². The highest BCUT2D eigenvalue weighted by Gasteiger charge is 2.26. The van der Waals surface area contributed by atoms with E-state index < -0.39 is 12.0 Å². The van der Waals surface area contributed by atoms with Crippen LogP contribution in [0.5, 0.6) is 0 Å². The summed E-state index contributed by atoms with van der Waals surface area (Å²) in [5.74, 6) is -0.885. The van der Waals surface area contributed by atoms with Gasteiger partial charge in [0, 0.05) is 18.3 Å². The van der Waals surface area contributed by atoms with E-state index >= 15 is 0 Å². The molecule has 0 radical (unpaired) electrons. The van der Waals surface area contributed by atoms with E-state index in [0.29, 0.717) is 20.5 Å². The lowest BCUT2D eigenvalue weighted by molar-refractivity contribution is -0.136. The Morgan fingerprint density at radius 1 is 1.06 bits per heavy atom. The summed E-state index contributed by atoms with van der Waals surface area (Å²) in [5, 5.41) is 15.4. The first-order valence-electron chi connectivity index (χ1n) is 10.4. The highest BCUT2D eigenvalue weighted by molar-refractivity contribution is 8.01. The van der Waals surface area contributed by atoms with E-state index in [-0.39, 0.29) is 29.1 Å². The number of carboxylic acid groups (broad SMARTS) is 1. The number of hydrogen-bond donors (Lipinski definition) is 3. The number of hydrogen-bond acceptors (Lipinski definition) is 8. The number of nitrogens with one attached hydrogen (secondary N) is 2. The van der Waals surface area contributed by atoms with E-state index in [4.69, 9.17) is 0 Å². The van der Waals surface area contributed by atoms with Crippen LogP contribution < -0.4 is 10.6 Å². The summed E-state index contributed by atoms with van der Waals surface area (Å²) in [6.45, 7) is 0. The molecular weight excluding hydrogens is 462 g/mol. The molecule has 9 nitrogen and oxygen atoms in total. The molecule has 1 fully saturated rings. The van der Waals surface area contributed by atoms with Crippen molar-refractivity contribution >= 4 is 51.8 Å². The van der Waals surface area contributed by atoms with Gasteiger partial charge in [-0.2, -0.15) is 0 Å². The number of amides is 2. The summed E-state index contributed by atoms with van der Waals surface area (Å²) >= 11 is 2.44. The molecule has 3 aromatic heterocycles. The fourth-order valence-corrected chi connectivity index (χ4v) is 5.63. The quantitative estimate of drug-likeness (QED) is 0.392. The van der Waals surface area contributed by atoms with Crippen molar-refractivity contribution in [2.75, 3.05) is 10.6 Å². The van der Waals surface area contributed by atoms with Gasteiger partial charge in [0.25, 0.3) is 0 Å². The van der Waals surface area contributed by atoms with Gasteiger partial charge in [0.2, 0.25) is 0 Å². The van der Waals surface area contributed by atoms with Gasteiger partial charge in [0.15, 0.2) is 10.9 Å². The number of pyridine rings is 2. The average molecular weight is 484 g/mol. The van der Waals surface area contributed by atoms with Crippen LogP contribution in [0.4, 0.5) is 15.7 Å². The molecule has 0 unspecified atom stereocenters. The maximum absolute atomic E-state index is 12.8. The normalized spacial score (nSPS) is 13.6. The number of carbonyl (C=O) groups excluding carboxylic acids is 2. The minimum atomic E-state index is -1.03. The summed E-state index contributed by atoms with van der Waals surface area (Å²) < 4.78 is 0.626. The lowest BCUT2D eigenvalue weighted by atomic mass is 9.97. The fraction of sp³-hybridized carbons (Fsp3) is 0.273. The lowest BCUT2D eigenvalue weighted by Crippen LogP contribution is -2.23. The molecule has 1 aliphatic rings. The molecule has 2 amide bonds. The first-order valence-corrected chi connectivity index (χ1v) is 12.0. The number of ketones is 1. The predicted octanol–water partition coefficient (Wildman–Crippen LogP) is 4.73. The number of anilines is 2. The van der Waals surface area contributed by atoms with Crippen molar-refractivity contribution in [2.24, 2.45) is 5.92 Å². The third kappa shape index (κ3) is 5.93. The molecule has 3 N–H and O–H groups in total. The predicted molar refractivity (Wildman–Crippen MR) is 125 cm³/mol. The van der Waals surface area contributed by atoms with E-state index in [1.54, 1.807) is 30.5 Å². The van der Waals surface area contributed by atoms with Crippen LogP contribution in [-0.4, -0.2) is 37.8 Å². The first kappa shape index (κ1) is 22.9. The van der Waals surface area contributed by atoms with Gasteiger partial charge in [-0.15, -0.1) is 0 Å². The summed E-state index contributed by atoms with van der Waals surface area (Å²) in [5.41, 5.74) is 0.727. The van der Waals surface area contributed by atoms with Crippen LogP contribution in [0.2, 0.25) is 0 Å². The van der Waals surface area contributed by atoms with Crippen molar-refractivity contribution in [3.63, 3.8) is 0 Å². The Morgan fingerprint density at radius 2 is 1.85 bits per heavy atom. The van der Waals surface area contributed by atoms with E-state index in [2.05, 4.69) is 25.6 Å². The second kappa shape index (κ2) is 10.5. The number of urea groups is 1. The molecule has 3 heterocycles. The van der Waals surface area contributed by atoms with Gasteiger partial charge < -0.3 is 5.11 Å². The molecule has 0 saturated heterocycles. The Bertz CT molecular complexity index is 1160. The monoisotopic (exact) mass is 483 g/mol. The number of Topliss-reactive ketones (excluding diaryl/α,β-unsaturated/α-hetero) is 1. The molecule has 11 heteroatoms. The number of nitrogens with zero attached hydrogens (tertiary/aromatic N) is 3.